The largest absolute Gasteiger partial charge is 0.509 e. The molecule has 140 valence electrons. The van der Waals surface area contributed by atoms with Crippen LogP contribution < -0.4 is 5.32 Å². The molecule has 0 radical (unpaired) electrons. The fraction of sp³-hybridized carbons (Fsp3) is 0.0500. The summed E-state index contributed by atoms with van der Waals surface area (Å²) in [7, 11) is 0. The minimum absolute atomic E-state index is 0.212. The zero-order valence-electron chi connectivity index (χ0n) is 14.3. The van der Waals surface area contributed by atoms with Crippen LogP contribution in [0.2, 0.25) is 0 Å². The highest BCUT2D eigenvalue weighted by Gasteiger charge is 2.44. The summed E-state index contributed by atoms with van der Waals surface area (Å²) in [4.78, 5) is 27.2. The van der Waals surface area contributed by atoms with Gasteiger partial charge >= 0.3 is 18.1 Å². The Morgan fingerprint density at radius 2 is 1.57 bits per heavy atom. The molecule has 2 heterocycles. The summed E-state index contributed by atoms with van der Waals surface area (Å²) < 4.78 is 9.85. The third-order valence-electron chi connectivity index (χ3n) is 4.26. The Morgan fingerprint density at radius 1 is 0.893 bits per heavy atom. The van der Waals surface area contributed by atoms with Crippen molar-refractivity contribution in [1.29, 1.82) is 0 Å². The molecule has 0 fully saturated rings. The van der Waals surface area contributed by atoms with E-state index in [1.807, 2.05) is 30.3 Å². The summed E-state index contributed by atoms with van der Waals surface area (Å²) in [5.41, 5.74) is 2.21. The van der Waals surface area contributed by atoms with Gasteiger partial charge in [-0.1, -0.05) is 36.4 Å². The van der Waals surface area contributed by atoms with Crippen LogP contribution in [0.25, 0.3) is 16.6 Å². The van der Waals surface area contributed by atoms with Gasteiger partial charge < -0.3 is 25.0 Å². The first-order valence-electron chi connectivity index (χ1n) is 8.26. The van der Waals surface area contributed by atoms with Crippen LogP contribution in [0.15, 0.2) is 66.7 Å². The number of hydrogen-bond donors (Lipinski definition) is 3. The predicted octanol–water partition coefficient (Wildman–Crippen LogP) is 4.24. The fourth-order valence-corrected chi connectivity index (χ4v) is 3.15. The Kier molecular flexibility index (Phi) is 4.08. The third kappa shape index (κ3) is 3.07. The van der Waals surface area contributed by atoms with Crippen molar-refractivity contribution in [3.8, 4) is 0 Å². The van der Waals surface area contributed by atoms with Crippen molar-refractivity contribution >= 4 is 34.6 Å². The molecule has 0 saturated heterocycles. The van der Waals surface area contributed by atoms with Crippen LogP contribution in [0.1, 0.15) is 11.3 Å². The molecule has 1 aliphatic heterocycles. The van der Waals surface area contributed by atoms with Gasteiger partial charge in [0.05, 0.1) is 22.5 Å². The lowest BCUT2D eigenvalue weighted by Crippen LogP contribution is -2.38. The standard InChI is InChI=1S/C20H14N2O6/c23-18(24)27-20(28-19(25)26)11-17(22-15-8-4-2-6-13(15)20)16-10-9-12-5-1-3-7-14(12)21-16/h1-11,22H,(H,23,24)(H,25,26). The number of pyridine rings is 1. The van der Waals surface area contributed by atoms with Gasteiger partial charge in [0.25, 0.3) is 0 Å². The van der Waals surface area contributed by atoms with Gasteiger partial charge in [0, 0.05) is 17.1 Å². The number of carboxylic acid groups (broad SMARTS) is 2. The summed E-state index contributed by atoms with van der Waals surface area (Å²) in [6, 6.07) is 17.6. The van der Waals surface area contributed by atoms with E-state index in [0.717, 1.165) is 10.9 Å². The topological polar surface area (TPSA) is 118 Å². The second kappa shape index (κ2) is 6.58. The smallest absolute Gasteiger partial charge is 0.450 e. The monoisotopic (exact) mass is 378 g/mol. The number of fused-ring (bicyclic) bond motifs is 2. The number of hydrogen-bond acceptors (Lipinski definition) is 6. The molecule has 4 rings (SSSR count). The Labute approximate surface area is 158 Å². The molecule has 1 aliphatic rings. The molecule has 8 nitrogen and oxygen atoms in total. The van der Waals surface area contributed by atoms with Crippen LogP contribution in [0.5, 0.6) is 0 Å². The van der Waals surface area contributed by atoms with Crippen molar-refractivity contribution in [3.63, 3.8) is 0 Å². The van der Waals surface area contributed by atoms with Gasteiger partial charge in [-0.3, -0.25) is 0 Å². The van der Waals surface area contributed by atoms with E-state index in [1.165, 1.54) is 12.1 Å². The second-order valence-electron chi connectivity index (χ2n) is 6.02. The zero-order chi connectivity index (χ0) is 19.7. The average molecular weight is 378 g/mol. The number of rotatable bonds is 3. The van der Waals surface area contributed by atoms with Crippen molar-refractivity contribution in [2.45, 2.75) is 5.79 Å². The zero-order valence-corrected chi connectivity index (χ0v) is 14.3. The number of ether oxygens (including phenoxy) is 2. The summed E-state index contributed by atoms with van der Waals surface area (Å²) >= 11 is 0. The van der Waals surface area contributed by atoms with Crippen LogP contribution in [-0.2, 0) is 15.3 Å². The lowest BCUT2D eigenvalue weighted by Gasteiger charge is -2.34. The highest BCUT2D eigenvalue weighted by Crippen LogP contribution is 2.41. The first-order valence-corrected chi connectivity index (χ1v) is 8.26. The average Bonchev–Trinajstić information content (AvgIpc) is 2.66. The van der Waals surface area contributed by atoms with Crippen LogP contribution in [0.4, 0.5) is 15.3 Å². The van der Waals surface area contributed by atoms with Crippen molar-refractivity contribution in [2.24, 2.45) is 0 Å². The fourth-order valence-electron chi connectivity index (χ4n) is 3.15. The molecule has 0 unspecified atom stereocenters. The lowest BCUT2D eigenvalue weighted by atomic mass is 9.97. The quantitative estimate of drug-likeness (QED) is 0.457. The Bertz CT molecular complexity index is 1110. The third-order valence-corrected chi connectivity index (χ3v) is 4.26. The van der Waals surface area contributed by atoms with E-state index in [2.05, 4.69) is 10.3 Å². The molecule has 8 heteroatoms. The number of para-hydroxylation sites is 2. The van der Waals surface area contributed by atoms with Crippen LogP contribution in [0, 0.1) is 0 Å². The molecule has 3 aromatic rings. The molecular formula is C20H14N2O6. The molecule has 0 amide bonds. The minimum atomic E-state index is -2.16. The van der Waals surface area contributed by atoms with Gasteiger partial charge in [0.15, 0.2) is 0 Å². The SMILES string of the molecule is O=C(O)OC1(OC(=O)O)C=C(c2ccc3ccccc3n2)Nc2ccccc21. The van der Waals surface area contributed by atoms with E-state index in [0.29, 0.717) is 17.1 Å². The van der Waals surface area contributed by atoms with Crippen LogP contribution >= 0.6 is 0 Å². The van der Waals surface area contributed by atoms with Crippen molar-refractivity contribution in [2.75, 3.05) is 5.32 Å². The van der Waals surface area contributed by atoms with Gasteiger partial charge in [0.2, 0.25) is 0 Å². The number of anilines is 1. The Balaban J connectivity index is 1.90. The molecule has 0 bridgehead atoms. The van der Waals surface area contributed by atoms with Crippen LogP contribution in [-0.4, -0.2) is 27.5 Å². The van der Waals surface area contributed by atoms with Gasteiger partial charge in [0.1, 0.15) is 0 Å². The molecule has 0 atom stereocenters. The van der Waals surface area contributed by atoms with E-state index in [-0.39, 0.29) is 5.56 Å². The van der Waals surface area contributed by atoms with E-state index in [9.17, 15) is 19.8 Å². The maximum absolute atomic E-state index is 11.3. The first-order chi connectivity index (χ1) is 13.5. The lowest BCUT2D eigenvalue weighted by molar-refractivity contribution is -0.155. The predicted molar refractivity (Wildman–Crippen MR) is 99.7 cm³/mol. The Morgan fingerprint density at radius 3 is 2.32 bits per heavy atom. The normalized spacial score (nSPS) is 14.4. The maximum atomic E-state index is 11.3. The number of benzene rings is 2. The number of aromatic nitrogens is 1. The maximum Gasteiger partial charge on any atom is 0.509 e. The summed E-state index contributed by atoms with van der Waals surface area (Å²) in [6.45, 7) is 0. The second-order valence-corrected chi connectivity index (χ2v) is 6.02. The molecule has 0 spiro atoms. The highest BCUT2D eigenvalue weighted by molar-refractivity contribution is 5.86. The summed E-state index contributed by atoms with van der Waals surface area (Å²) in [6.07, 6.45) is -2.10. The molecule has 3 N–H and O–H groups in total. The van der Waals surface area contributed by atoms with Gasteiger partial charge in [-0.25, -0.2) is 14.6 Å². The molecule has 0 saturated carbocycles. The molecular weight excluding hydrogens is 364 g/mol. The summed E-state index contributed by atoms with van der Waals surface area (Å²) in [5, 5.41) is 22.5. The number of nitrogens with zero attached hydrogens (tertiary/aromatic N) is 1. The highest BCUT2D eigenvalue weighted by atomic mass is 16.8. The number of nitrogens with one attached hydrogen (secondary N) is 1. The van der Waals surface area contributed by atoms with Crippen molar-refractivity contribution in [3.05, 3.63) is 78.0 Å². The van der Waals surface area contributed by atoms with Crippen molar-refractivity contribution < 1.29 is 29.3 Å². The summed E-state index contributed by atoms with van der Waals surface area (Å²) in [5.74, 6) is -2.16. The molecule has 1 aromatic heterocycles. The van der Waals surface area contributed by atoms with E-state index in [4.69, 9.17) is 9.47 Å². The van der Waals surface area contributed by atoms with E-state index < -0.39 is 18.1 Å². The van der Waals surface area contributed by atoms with Gasteiger partial charge in [-0.05, 0) is 24.3 Å². The van der Waals surface area contributed by atoms with Gasteiger partial charge in [-0.15, -0.1) is 0 Å². The number of carbonyl (C=O) groups is 2. The van der Waals surface area contributed by atoms with E-state index >= 15 is 0 Å². The molecule has 2 aromatic carbocycles. The molecule has 28 heavy (non-hydrogen) atoms. The molecule has 0 aliphatic carbocycles. The van der Waals surface area contributed by atoms with Gasteiger partial charge in [-0.2, -0.15) is 0 Å². The van der Waals surface area contributed by atoms with E-state index in [1.54, 1.807) is 24.3 Å². The van der Waals surface area contributed by atoms with Crippen LogP contribution in [0.3, 0.4) is 0 Å². The Hall–Kier alpha value is -4.07. The minimum Gasteiger partial charge on any atom is -0.450 e. The first kappa shape index (κ1) is 17.3. The van der Waals surface area contributed by atoms with Crippen molar-refractivity contribution in [1.82, 2.24) is 4.98 Å².